The molecule has 1 amide bonds. The van der Waals surface area contributed by atoms with Crippen LogP contribution < -0.4 is 5.32 Å². The number of rotatable bonds is 5. The van der Waals surface area contributed by atoms with Gasteiger partial charge in [-0.25, -0.2) is 0 Å². The van der Waals surface area contributed by atoms with Crippen molar-refractivity contribution in [2.45, 2.75) is 19.0 Å². The van der Waals surface area contributed by atoms with Crippen molar-refractivity contribution in [3.8, 4) is 11.4 Å². The molecule has 0 aliphatic carbocycles. The van der Waals surface area contributed by atoms with Gasteiger partial charge in [0.1, 0.15) is 0 Å². The van der Waals surface area contributed by atoms with E-state index in [2.05, 4.69) is 22.4 Å². The maximum Gasteiger partial charge on any atom is 0.234 e. The quantitative estimate of drug-likeness (QED) is 0.709. The molecule has 1 heterocycles. The monoisotopic (exact) mass is 352 g/mol. The van der Waals surface area contributed by atoms with E-state index in [1.807, 2.05) is 67.1 Å². The van der Waals surface area contributed by atoms with Crippen LogP contribution in [0, 0.1) is 13.8 Å². The number of anilines is 1. The average molecular weight is 352 g/mol. The molecule has 0 unspecified atom stereocenters. The first-order valence-electron chi connectivity index (χ1n) is 7.99. The first-order chi connectivity index (χ1) is 12.0. The summed E-state index contributed by atoms with van der Waals surface area (Å²) >= 11 is 1.38. The van der Waals surface area contributed by atoms with Crippen LogP contribution in [0.5, 0.6) is 0 Å². The van der Waals surface area contributed by atoms with Crippen LogP contribution in [0.2, 0.25) is 0 Å². The summed E-state index contributed by atoms with van der Waals surface area (Å²) in [6.45, 7) is 4.02. The molecule has 3 aromatic rings. The zero-order valence-corrected chi connectivity index (χ0v) is 15.3. The molecule has 25 heavy (non-hydrogen) atoms. The third kappa shape index (κ3) is 4.09. The Morgan fingerprint density at radius 3 is 2.52 bits per heavy atom. The lowest BCUT2D eigenvalue weighted by Crippen LogP contribution is -2.15. The van der Waals surface area contributed by atoms with E-state index in [-0.39, 0.29) is 11.7 Å². The second kappa shape index (κ2) is 7.53. The molecular weight excluding hydrogens is 332 g/mol. The third-order valence-corrected chi connectivity index (χ3v) is 4.92. The molecule has 0 atom stereocenters. The summed E-state index contributed by atoms with van der Waals surface area (Å²) in [6, 6.07) is 15.9. The van der Waals surface area contributed by atoms with E-state index in [4.69, 9.17) is 0 Å². The van der Waals surface area contributed by atoms with Gasteiger partial charge in [0, 0.05) is 18.3 Å². The van der Waals surface area contributed by atoms with Gasteiger partial charge in [-0.3, -0.25) is 4.79 Å². The van der Waals surface area contributed by atoms with Crippen LogP contribution in [-0.2, 0) is 11.8 Å². The number of thioether (sulfide) groups is 1. The number of aryl methyl sites for hydroxylation is 2. The molecule has 5 nitrogen and oxygen atoms in total. The van der Waals surface area contributed by atoms with Gasteiger partial charge in [0.2, 0.25) is 5.91 Å². The number of hydrogen-bond acceptors (Lipinski definition) is 4. The van der Waals surface area contributed by atoms with Gasteiger partial charge in [0.15, 0.2) is 11.0 Å². The number of para-hydroxylation sites is 1. The molecule has 0 bridgehead atoms. The Balaban J connectivity index is 1.65. The molecule has 1 aromatic heterocycles. The predicted octanol–water partition coefficient (Wildman–Crippen LogP) is 3.83. The number of amides is 1. The second-order valence-electron chi connectivity index (χ2n) is 5.88. The first-order valence-corrected chi connectivity index (χ1v) is 8.98. The van der Waals surface area contributed by atoms with E-state index < -0.39 is 0 Å². The SMILES string of the molecule is Cc1ccc(-c2nnc(SCC(=O)Nc3ccccc3C)n2C)cc1. The topological polar surface area (TPSA) is 59.8 Å². The average Bonchev–Trinajstić information content (AvgIpc) is 2.97. The molecule has 6 heteroatoms. The summed E-state index contributed by atoms with van der Waals surface area (Å²) in [5.74, 6) is 1.02. The largest absolute Gasteiger partial charge is 0.325 e. The van der Waals surface area contributed by atoms with Crippen LogP contribution in [0.4, 0.5) is 5.69 Å². The standard InChI is InChI=1S/C19H20N4OS/c1-13-8-10-15(11-9-13)18-21-22-19(23(18)3)25-12-17(24)20-16-7-5-4-6-14(16)2/h4-11H,12H2,1-3H3,(H,20,24). The number of nitrogens with zero attached hydrogens (tertiary/aromatic N) is 3. The van der Waals surface area contributed by atoms with Crippen molar-refractivity contribution in [3.63, 3.8) is 0 Å². The summed E-state index contributed by atoms with van der Waals surface area (Å²) in [7, 11) is 1.91. The van der Waals surface area contributed by atoms with Crippen molar-refractivity contribution in [2.24, 2.45) is 7.05 Å². The molecule has 2 aromatic carbocycles. The molecule has 1 N–H and O–H groups in total. The molecule has 0 saturated heterocycles. The Kier molecular flexibility index (Phi) is 5.19. The molecule has 0 radical (unpaired) electrons. The van der Waals surface area contributed by atoms with Crippen molar-refractivity contribution < 1.29 is 4.79 Å². The summed E-state index contributed by atoms with van der Waals surface area (Å²) in [6.07, 6.45) is 0. The third-order valence-electron chi connectivity index (χ3n) is 3.90. The van der Waals surface area contributed by atoms with Gasteiger partial charge in [-0.2, -0.15) is 0 Å². The van der Waals surface area contributed by atoms with Crippen LogP contribution in [0.25, 0.3) is 11.4 Å². The minimum absolute atomic E-state index is 0.0563. The molecule has 0 aliphatic rings. The van der Waals surface area contributed by atoms with Gasteiger partial charge < -0.3 is 9.88 Å². The Hall–Kier alpha value is -2.60. The summed E-state index contributed by atoms with van der Waals surface area (Å²) in [4.78, 5) is 12.2. The lowest BCUT2D eigenvalue weighted by molar-refractivity contribution is -0.113. The number of carbonyl (C=O) groups is 1. The Morgan fingerprint density at radius 1 is 1.08 bits per heavy atom. The van der Waals surface area contributed by atoms with Crippen molar-refractivity contribution in [3.05, 3.63) is 59.7 Å². The summed E-state index contributed by atoms with van der Waals surface area (Å²) in [5, 5.41) is 12.1. The van der Waals surface area contributed by atoms with E-state index >= 15 is 0 Å². The fourth-order valence-corrected chi connectivity index (χ4v) is 3.14. The first kappa shape index (κ1) is 17.2. The molecule has 0 spiro atoms. The van der Waals surface area contributed by atoms with Gasteiger partial charge in [0.25, 0.3) is 0 Å². The highest BCUT2D eigenvalue weighted by atomic mass is 32.2. The Bertz CT molecular complexity index is 887. The van der Waals surface area contributed by atoms with Crippen molar-refractivity contribution in [1.82, 2.24) is 14.8 Å². The fourth-order valence-electron chi connectivity index (χ4n) is 2.42. The highest BCUT2D eigenvalue weighted by Crippen LogP contribution is 2.23. The highest BCUT2D eigenvalue weighted by Gasteiger charge is 2.13. The number of benzene rings is 2. The molecule has 0 fully saturated rings. The smallest absolute Gasteiger partial charge is 0.234 e. The van der Waals surface area contributed by atoms with Crippen LogP contribution in [0.3, 0.4) is 0 Å². The zero-order chi connectivity index (χ0) is 17.8. The van der Waals surface area contributed by atoms with Gasteiger partial charge >= 0.3 is 0 Å². The van der Waals surface area contributed by atoms with Crippen LogP contribution in [0.1, 0.15) is 11.1 Å². The van der Waals surface area contributed by atoms with E-state index in [1.165, 1.54) is 17.3 Å². The van der Waals surface area contributed by atoms with Gasteiger partial charge in [-0.1, -0.05) is 59.8 Å². The molecular formula is C19H20N4OS. The molecule has 3 rings (SSSR count). The van der Waals surface area contributed by atoms with Crippen LogP contribution in [0.15, 0.2) is 53.7 Å². The molecule has 0 aliphatic heterocycles. The van der Waals surface area contributed by atoms with Gasteiger partial charge in [-0.15, -0.1) is 10.2 Å². The molecule has 0 saturated carbocycles. The van der Waals surface area contributed by atoms with Crippen molar-refractivity contribution in [2.75, 3.05) is 11.1 Å². The zero-order valence-electron chi connectivity index (χ0n) is 14.5. The fraction of sp³-hybridized carbons (Fsp3) is 0.211. The number of nitrogens with one attached hydrogen (secondary N) is 1. The van der Waals surface area contributed by atoms with E-state index in [9.17, 15) is 4.79 Å². The molecule has 128 valence electrons. The normalized spacial score (nSPS) is 10.7. The predicted molar refractivity (Wildman–Crippen MR) is 102 cm³/mol. The Morgan fingerprint density at radius 2 is 1.80 bits per heavy atom. The lowest BCUT2D eigenvalue weighted by atomic mass is 10.1. The lowest BCUT2D eigenvalue weighted by Gasteiger charge is -2.08. The van der Waals surface area contributed by atoms with Crippen LogP contribution >= 0.6 is 11.8 Å². The van der Waals surface area contributed by atoms with Crippen molar-refractivity contribution in [1.29, 1.82) is 0 Å². The minimum Gasteiger partial charge on any atom is -0.325 e. The highest BCUT2D eigenvalue weighted by molar-refractivity contribution is 7.99. The Labute approximate surface area is 151 Å². The van der Waals surface area contributed by atoms with E-state index in [0.717, 1.165) is 27.8 Å². The number of aromatic nitrogens is 3. The van der Waals surface area contributed by atoms with Crippen LogP contribution in [-0.4, -0.2) is 26.4 Å². The minimum atomic E-state index is -0.0563. The maximum atomic E-state index is 12.2. The van der Waals surface area contributed by atoms with Gasteiger partial charge in [0.05, 0.1) is 5.75 Å². The number of hydrogen-bond donors (Lipinski definition) is 1. The maximum absolute atomic E-state index is 12.2. The summed E-state index contributed by atoms with van der Waals surface area (Å²) in [5.41, 5.74) is 4.10. The van der Waals surface area contributed by atoms with E-state index in [0.29, 0.717) is 0 Å². The van der Waals surface area contributed by atoms with Gasteiger partial charge in [-0.05, 0) is 25.5 Å². The second-order valence-corrected chi connectivity index (χ2v) is 6.83. The number of carbonyl (C=O) groups excluding carboxylic acids is 1. The summed E-state index contributed by atoms with van der Waals surface area (Å²) < 4.78 is 1.91. The van der Waals surface area contributed by atoms with E-state index in [1.54, 1.807) is 0 Å². The van der Waals surface area contributed by atoms with Crippen molar-refractivity contribution >= 4 is 23.4 Å².